The minimum absolute atomic E-state index is 0.123. The Morgan fingerprint density at radius 1 is 1.05 bits per heavy atom. The summed E-state index contributed by atoms with van der Waals surface area (Å²) >= 11 is 25.0. The van der Waals surface area contributed by atoms with Crippen LogP contribution in [0.15, 0.2) is 36.4 Å². The topological polar surface area (TPSA) is 41.1 Å². The van der Waals surface area contributed by atoms with Crippen LogP contribution in [0.1, 0.15) is 10.4 Å². The Balaban J connectivity index is 2.08. The lowest BCUT2D eigenvalue weighted by Gasteiger charge is -2.11. The molecular weight excluding hydrogens is 477 g/mol. The summed E-state index contributed by atoms with van der Waals surface area (Å²) < 4.78 is 0.896. The fourth-order valence-electron chi connectivity index (χ4n) is 1.63. The van der Waals surface area contributed by atoms with Crippen molar-refractivity contribution in [3.63, 3.8) is 0 Å². The molecule has 0 saturated heterocycles. The molecule has 0 heterocycles. The quantitative estimate of drug-likeness (QED) is 0.444. The van der Waals surface area contributed by atoms with Gasteiger partial charge in [0.25, 0.3) is 5.91 Å². The largest absolute Gasteiger partial charge is 0.332 e. The third kappa shape index (κ3) is 4.96. The second-order valence-electron chi connectivity index (χ2n) is 4.19. The molecule has 2 aromatic carbocycles. The van der Waals surface area contributed by atoms with Crippen molar-refractivity contribution in [1.29, 1.82) is 0 Å². The first-order chi connectivity index (χ1) is 10.3. The van der Waals surface area contributed by atoms with Gasteiger partial charge in [0.05, 0.1) is 10.6 Å². The van der Waals surface area contributed by atoms with E-state index in [1.54, 1.807) is 30.3 Å². The van der Waals surface area contributed by atoms with E-state index in [2.05, 4.69) is 33.2 Å². The predicted octanol–water partition coefficient (Wildman–Crippen LogP) is 5.38. The van der Waals surface area contributed by atoms with E-state index >= 15 is 0 Å². The molecule has 0 spiro atoms. The maximum absolute atomic E-state index is 12.2. The standard InChI is InChI=1S/C14H8Cl3IN2OS/c15-7-3-8(16)5-10(4-7)19-14(22)20-13(21)11-6-9(18)1-2-12(11)17/h1-6H,(H2,19,20,21,22). The van der Waals surface area contributed by atoms with Gasteiger partial charge >= 0.3 is 0 Å². The van der Waals surface area contributed by atoms with Crippen LogP contribution in [0.3, 0.4) is 0 Å². The summed E-state index contributed by atoms with van der Waals surface area (Å²) in [6, 6.07) is 10.0. The maximum atomic E-state index is 12.2. The maximum Gasteiger partial charge on any atom is 0.258 e. The number of hydrogen-bond donors (Lipinski definition) is 2. The first-order valence-corrected chi connectivity index (χ1v) is 8.51. The molecule has 0 bridgehead atoms. The summed E-state index contributed by atoms with van der Waals surface area (Å²) in [5, 5.41) is 6.81. The molecule has 0 aliphatic heterocycles. The highest BCUT2D eigenvalue weighted by Gasteiger charge is 2.12. The normalized spacial score (nSPS) is 10.2. The van der Waals surface area contributed by atoms with E-state index in [0.717, 1.165) is 3.57 Å². The number of carbonyl (C=O) groups is 1. The monoisotopic (exact) mass is 484 g/mol. The molecule has 2 rings (SSSR count). The summed E-state index contributed by atoms with van der Waals surface area (Å²) in [6.45, 7) is 0. The number of benzene rings is 2. The number of anilines is 1. The molecule has 114 valence electrons. The van der Waals surface area contributed by atoms with Crippen molar-refractivity contribution in [1.82, 2.24) is 5.32 Å². The van der Waals surface area contributed by atoms with Crippen molar-refractivity contribution in [2.24, 2.45) is 0 Å². The summed E-state index contributed by atoms with van der Waals surface area (Å²) in [4.78, 5) is 12.2. The van der Waals surface area contributed by atoms with E-state index in [1.165, 1.54) is 0 Å². The lowest BCUT2D eigenvalue weighted by molar-refractivity contribution is 0.0978. The van der Waals surface area contributed by atoms with Gasteiger partial charge in [-0.25, -0.2) is 0 Å². The Labute approximate surface area is 161 Å². The van der Waals surface area contributed by atoms with Crippen molar-refractivity contribution < 1.29 is 4.79 Å². The van der Waals surface area contributed by atoms with Gasteiger partial charge in [0.2, 0.25) is 0 Å². The Kier molecular flexibility index (Phi) is 6.28. The van der Waals surface area contributed by atoms with Gasteiger partial charge in [0.1, 0.15) is 0 Å². The zero-order valence-corrected chi connectivity index (χ0v) is 16.0. The van der Waals surface area contributed by atoms with Crippen LogP contribution in [0.4, 0.5) is 5.69 Å². The second kappa shape index (κ2) is 7.79. The third-order valence-corrected chi connectivity index (χ3v) is 4.16. The third-order valence-electron chi connectivity index (χ3n) is 2.52. The van der Waals surface area contributed by atoms with Crippen molar-refractivity contribution in [3.05, 3.63) is 60.6 Å². The molecule has 0 aliphatic rings. The first kappa shape index (κ1) is 17.7. The molecule has 2 N–H and O–H groups in total. The van der Waals surface area contributed by atoms with Crippen molar-refractivity contribution in [3.8, 4) is 0 Å². The van der Waals surface area contributed by atoms with E-state index in [-0.39, 0.29) is 5.11 Å². The number of rotatable bonds is 2. The van der Waals surface area contributed by atoms with Gasteiger partial charge in [-0.05, 0) is 71.2 Å². The molecule has 0 fully saturated rings. The molecular formula is C14H8Cl3IN2OS. The van der Waals surface area contributed by atoms with Crippen LogP contribution in [-0.4, -0.2) is 11.0 Å². The molecule has 1 amide bonds. The summed E-state index contributed by atoms with van der Waals surface area (Å²) in [5.74, 6) is -0.394. The van der Waals surface area contributed by atoms with E-state index < -0.39 is 5.91 Å². The van der Waals surface area contributed by atoms with Crippen molar-refractivity contribution in [2.75, 3.05) is 5.32 Å². The van der Waals surface area contributed by atoms with Gasteiger partial charge in [-0.2, -0.15) is 0 Å². The van der Waals surface area contributed by atoms with Crippen molar-refractivity contribution >= 4 is 86.3 Å². The van der Waals surface area contributed by atoms with Gasteiger partial charge in [0, 0.05) is 19.3 Å². The fourth-order valence-corrected chi connectivity index (χ4v) is 3.06. The number of thiocarbonyl (C=S) groups is 1. The summed E-state index contributed by atoms with van der Waals surface area (Å²) in [7, 11) is 0. The Morgan fingerprint density at radius 3 is 2.32 bits per heavy atom. The van der Waals surface area contributed by atoms with Crippen LogP contribution in [0.25, 0.3) is 0 Å². The number of hydrogen-bond acceptors (Lipinski definition) is 2. The smallest absolute Gasteiger partial charge is 0.258 e. The minimum Gasteiger partial charge on any atom is -0.332 e. The highest BCUT2D eigenvalue weighted by molar-refractivity contribution is 14.1. The van der Waals surface area contributed by atoms with E-state index in [4.69, 9.17) is 47.0 Å². The SMILES string of the molecule is O=C(NC(=S)Nc1cc(Cl)cc(Cl)c1)c1cc(I)ccc1Cl. The lowest BCUT2D eigenvalue weighted by Crippen LogP contribution is -2.34. The zero-order chi connectivity index (χ0) is 16.3. The van der Waals surface area contributed by atoms with Crippen LogP contribution < -0.4 is 10.6 Å². The lowest BCUT2D eigenvalue weighted by atomic mass is 10.2. The van der Waals surface area contributed by atoms with Gasteiger partial charge in [-0.3, -0.25) is 10.1 Å². The second-order valence-corrected chi connectivity index (χ2v) is 7.12. The van der Waals surface area contributed by atoms with E-state index in [9.17, 15) is 4.79 Å². The van der Waals surface area contributed by atoms with Gasteiger partial charge in [-0.1, -0.05) is 34.8 Å². The number of halogens is 4. The van der Waals surface area contributed by atoms with E-state index in [0.29, 0.717) is 26.3 Å². The molecule has 8 heteroatoms. The Morgan fingerprint density at radius 2 is 1.68 bits per heavy atom. The van der Waals surface area contributed by atoms with Gasteiger partial charge < -0.3 is 5.32 Å². The summed E-state index contributed by atoms with van der Waals surface area (Å²) in [5.41, 5.74) is 0.929. The molecule has 0 radical (unpaired) electrons. The Bertz CT molecular complexity index is 735. The van der Waals surface area contributed by atoms with Crippen LogP contribution in [0, 0.1) is 3.57 Å². The van der Waals surface area contributed by atoms with Crippen LogP contribution in [-0.2, 0) is 0 Å². The van der Waals surface area contributed by atoms with E-state index in [1.807, 2.05) is 6.07 Å². The number of amides is 1. The number of carbonyl (C=O) groups excluding carboxylic acids is 1. The highest BCUT2D eigenvalue weighted by Crippen LogP contribution is 2.22. The summed E-state index contributed by atoms with van der Waals surface area (Å²) in [6.07, 6.45) is 0. The first-order valence-electron chi connectivity index (χ1n) is 5.88. The molecule has 22 heavy (non-hydrogen) atoms. The van der Waals surface area contributed by atoms with Gasteiger partial charge in [-0.15, -0.1) is 0 Å². The fraction of sp³-hybridized carbons (Fsp3) is 0. The van der Waals surface area contributed by atoms with Crippen LogP contribution in [0.2, 0.25) is 15.1 Å². The average molecular weight is 486 g/mol. The highest BCUT2D eigenvalue weighted by atomic mass is 127. The minimum atomic E-state index is -0.394. The van der Waals surface area contributed by atoms with Crippen LogP contribution >= 0.6 is 69.6 Å². The van der Waals surface area contributed by atoms with Crippen molar-refractivity contribution in [2.45, 2.75) is 0 Å². The Hall–Kier alpha value is -0.600. The molecule has 3 nitrogen and oxygen atoms in total. The average Bonchev–Trinajstić information content (AvgIpc) is 2.39. The zero-order valence-electron chi connectivity index (χ0n) is 10.8. The molecule has 0 aliphatic carbocycles. The molecule has 0 saturated carbocycles. The number of nitrogens with one attached hydrogen (secondary N) is 2. The predicted molar refractivity (Wildman–Crippen MR) is 104 cm³/mol. The molecule has 0 aromatic heterocycles. The van der Waals surface area contributed by atoms with Gasteiger partial charge in [0.15, 0.2) is 5.11 Å². The van der Waals surface area contributed by atoms with Crippen LogP contribution in [0.5, 0.6) is 0 Å². The molecule has 0 atom stereocenters. The molecule has 0 unspecified atom stereocenters. The molecule has 2 aromatic rings.